The molecule has 0 radical (unpaired) electrons. The van der Waals surface area contributed by atoms with Crippen LogP contribution in [0.4, 0.5) is 5.69 Å². The Hall–Kier alpha value is -0.480. The van der Waals surface area contributed by atoms with Crippen molar-refractivity contribution in [3.8, 4) is 0 Å². The summed E-state index contributed by atoms with van der Waals surface area (Å²) in [6.07, 6.45) is 4.87. The summed E-state index contributed by atoms with van der Waals surface area (Å²) in [4.78, 5) is 12.0. The molecule has 1 saturated heterocycles. The van der Waals surface area contributed by atoms with E-state index in [9.17, 15) is 4.79 Å². The van der Waals surface area contributed by atoms with E-state index in [1.54, 1.807) is 12.1 Å². The number of carbonyl (C=O) groups excluding carboxylic acids is 1. The van der Waals surface area contributed by atoms with Crippen molar-refractivity contribution in [3.05, 3.63) is 27.2 Å². The molecule has 1 heterocycles. The van der Waals surface area contributed by atoms with Crippen LogP contribution < -0.4 is 10.6 Å². The minimum Gasteiger partial charge on any atom is -0.324 e. The number of hydrogen-bond acceptors (Lipinski definition) is 2. The lowest BCUT2D eigenvalue weighted by molar-refractivity contribution is -0.116. The van der Waals surface area contributed by atoms with Crippen LogP contribution in [0, 0.1) is 0 Å². The maximum absolute atomic E-state index is 12.0. The van der Waals surface area contributed by atoms with Gasteiger partial charge in [0.15, 0.2) is 0 Å². The van der Waals surface area contributed by atoms with Crippen molar-refractivity contribution in [2.45, 2.75) is 38.1 Å². The predicted molar refractivity (Wildman–Crippen MR) is 85.0 cm³/mol. The van der Waals surface area contributed by atoms with Crippen LogP contribution in [0.1, 0.15) is 32.1 Å². The van der Waals surface area contributed by atoms with Crippen LogP contribution in [-0.2, 0) is 4.79 Å². The Morgan fingerprint density at radius 1 is 1.25 bits per heavy atom. The van der Waals surface area contributed by atoms with E-state index in [4.69, 9.17) is 34.8 Å². The average molecular weight is 336 g/mol. The highest BCUT2D eigenvalue weighted by molar-refractivity contribution is 6.42. The van der Waals surface area contributed by atoms with Gasteiger partial charge in [0.2, 0.25) is 5.91 Å². The van der Waals surface area contributed by atoms with Crippen molar-refractivity contribution in [1.29, 1.82) is 0 Å². The van der Waals surface area contributed by atoms with Crippen molar-refractivity contribution >= 4 is 46.4 Å². The molecule has 3 nitrogen and oxygen atoms in total. The van der Waals surface area contributed by atoms with E-state index in [2.05, 4.69) is 10.6 Å². The molecule has 1 aromatic rings. The van der Waals surface area contributed by atoms with Gasteiger partial charge in [-0.05, 0) is 37.9 Å². The normalized spacial score (nSPS) is 18.9. The molecule has 1 aliphatic rings. The second-order valence-electron chi connectivity index (χ2n) is 4.98. The number of halogens is 3. The fourth-order valence-corrected chi connectivity index (χ4v) is 3.25. The molecule has 1 fully saturated rings. The number of carbonyl (C=O) groups is 1. The molecule has 0 aliphatic carbocycles. The third kappa shape index (κ3) is 4.52. The van der Waals surface area contributed by atoms with E-state index in [1.165, 1.54) is 12.8 Å². The van der Waals surface area contributed by atoms with Gasteiger partial charge in [-0.15, -0.1) is 0 Å². The largest absolute Gasteiger partial charge is 0.324 e. The maximum Gasteiger partial charge on any atom is 0.224 e. The highest BCUT2D eigenvalue weighted by Gasteiger charge is 2.15. The summed E-state index contributed by atoms with van der Waals surface area (Å²) in [5.41, 5.74) is 0.430. The first-order chi connectivity index (χ1) is 9.56. The highest BCUT2D eigenvalue weighted by Crippen LogP contribution is 2.33. The van der Waals surface area contributed by atoms with Gasteiger partial charge < -0.3 is 10.6 Å². The topological polar surface area (TPSA) is 41.1 Å². The predicted octanol–water partition coefficient (Wildman–Crippen LogP) is 4.51. The van der Waals surface area contributed by atoms with Gasteiger partial charge in [0.25, 0.3) is 0 Å². The van der Waals surface area contributed by atoms with Crippen LogP contribution in [0.5, 0.6) is 0 Å². The third-order valence-corrected chi connectivity index (χ3v) is 4.22. The van der Waals surface area contributed by atoms with Gasteiger partial charge in [-0.25, -0.2) is 0 Å². The van der Waals surface area contributed by atoms with Gasteiger partial charge >= 0.3 is 0 Å². The van der Waals surface area contributed by atoms with E-state index >= 15 is 0 Å². The third-order valence-electron chi connectivity index (χ3n) is 3.40. The van der Waals surface area contributed by atoms with Gasteiger partial charge in [0.1, 0.15) is 0 Å². The van der Waals surface area contributed by atoms with Crippen LogP contribution in [0.15, 0.2) is 12.1 Å². The summed E-state index contributed by atoms with van der Waals surface area (Å²) in [6.45, 7) is 1.04. The molecule has 2 N–H and O–H groups in total. The lowest BCUT2D eigenvalue weighted by Crippen LogP contribution is -2.34. The Labute approximate surface area is 134 Å². The van der Waals surface area contributed by atoms with E-state index in [0.717, 1.165) is 19.4 Å². The number of anilines is 1. The Morgan fingerprint density at radius 3 is 2.55 bits per heavy atom. The molecule has 1 aliphatic heterocycles. The average Bonchev–Trinajstić information content (AvgIpc) is 2.42. The maximum atomic E-state index is 12.0. The summed E-state index contributed by atoms with van der Waals surface area (Å²) in [5, 5.41) is 7.33. The molecule has 20 heavy (non-hydrogen) atoms. The van der Waals surface area contributed by atoms with E-state index in [1.807, 2.05) is 0 Å². The quantitative estimate of drug-likeness (QED) is 0.850. The van der Waals surface area contributed by atoms with Gasteiger partial charge in [-0.3, -0.25) is 4.79 Å². The van der Waals surface area contributed by atoms with Crippen molar-refractivity contribution in [1.82, 2.24) is 5.32 Å². The number of benzene rings is 1. The van der Waals surface area contributed by atoms with Gasteiger partial charge in [0, 0.05) is 17.5 Å². The number of hydrogen-bond donors (Lipinski definition) is 2. The molecule has 0 aromatic heterocycles. The minimum atomic E-state index is -0.0801. The molecule has 0 spiro atoms. The monoisotopic (exact) mass is 334 g/mol. The van der Waals surface area contributed by atoms with Crippen LogP contribution in [0.2, 0.25) is 15.1 Å². The number of piperidine rings is 1. The summed E-state index contributed by atoms with van der Waals surface area (Å²) in [6, 6.07) is 3.56. The molecule has 2 rings (SSSR count). The number of nitrogens with one attached hydrogen (secondary N) is 2. The molecule has 0 bridgehead atoms. The molecular weight excluding hydrogens is 319 g/mol. The van der Waals surface area contributed by atoms with Gasteiger partial charge in [-0.1, -0.05) is 41.2 Å². The second-order valence-corrected chi connectivity index (χ2v) is 6.23. The lowest BCUT2D eigenvalue weighted by atomic mass is 10.0. The van der Waals surface area contributed by atoms with Crippen LogP contribution >= 0.6 is 34.8 Å². The van der Waals surface area contributed by atoms with Crippen LogP contribution in [0.25, 0.3) is 0 Å². The molecule has 6 heteroatoms. The molecular formula is C14H17Cl3N2O. The van der Waals surface area contributed by atoms with Crippen LogP contribution in [0.3, 0.4) is 0 Å². The summed E-state index contributed by atoms with van der Waals surface area (Å²) in [5.74, 6) is -0.0801. The molecule has 1 amide bonds. The van der Waals surface area contributed by atoms with E-state index < -0.39 is 0 Å². The number of amides is 1. The molecule has 1 unspecified atom stereocenters. The fourth-order valence-electron chi connectivity index (χ4n) is 2.34. The highest BCUT2D eigenvalue weighted by atomic mass is 35.5. The van der Waals surface area contributed by atoms with Gasteiger partial charge in [0.05, 0.1) is 15.7 Å². The van der Waals surface area contributed by atoms with Crippen molar-refractivity contribution in [2.75, 3.05) is 11.9 Å². The fraction of sp³-hybridized carbons (Fsp3) is 0.500. The Balaban J connectivity index is 1.88. The molecule has 1 aromatic carbocycles. The zero-order chi connectivity index (χ0) is 14.5. The lowest BCUT2D eigenvalue weighted by Gasteiger charge is -2.23. The van der Waals surface area contributed by atoms with Crippen molar-refractivity contribution in [3.63, 3.8) is 0 Å². The Kier molecular flexibility index (Phi) is 5.97. The summed E-state index contributed by atoms with van der Waals surface area (Å²) in [7, 11) is 0. The van der Waals surface area contributed by atoms with E-state index in [0.29, 0.717) is 33.2 Å². The Morgan fingerprint density at radius 2 is 1.95 bits per heavy atom. The summed E-state index contributed by atoms with van der Waals surface area (Å²) >= 11 is 17.9. The first-order valence-electron chi connectivity index (χ1n) is 6.74. The van der Waals surface area contributed by atoms with E-state index in [-0.39, 0.29) is 5.91 Å². The van der Waals surface area contributed by atoms with Crippen molar-refractivity contribution in [2.24, 2.45) is 0 Å². The minimum absolute atomic E-state index is 0.0801. The SMILES string of the molecule is O=C(CCC1CCCCN1)Nc1c(Cl)cc(Cl)cc1Cl. The standard InChI is InChI=1S/C14H17Cl3N2O/c15-9-7-11(16)14(12(17)8-9)19-13(20)5-4-10-3-1-2-6-18-10/h7-8,10,18H,1-6H2,(H,19,20). The number of rotatable bonds is 4. The second kappa shape index (κ2) is 7.51. The molecule has 1 atom stereocenters. The first kappa shape index (κ1) is 15.9. The van der Waals surface area contributed by atoms with Gasteiger partial charge in [-0.2, -0.15) is 0 Å². The summed E-state index contributed by atoms with van der Waals surface area (Å²) < 4.78 is 0. The molecule has 110 valence electrons. The first-order valence-corrected chi connectivity index (χ1v) is 7.87. The Bertz CT molecular complexity index is 464. The molecule has 0 saturated carbocycles. The smallest absolute Gasteiger partial charge is 0.224 e. The zero-order valence-corrected chi connectivity index (χ0v) is 13.3. The van der Waals surface area contributed by atoms with Crippen molar-refractivity contribution < 1.29 is 4.79 Å². The zero-order valence-electron chi connectivity index (χ0n) is 11.0. The van der Waals surface area contributed by atoms with Crippen LogP contribution in [-0.4, -0.2) is 18.5 Å².